The van der Waals surface area contributed by atoms with Crippen molar-refractivity contribution in [2.45, 2.75) is 27.2 Å². The number of nitrogens with one attached hydrogen (secondary N) is 1. The van der Waals surface area contributed by atoms with Crippen molar-refractivity contribution in [3.63, 3.8) is 0 Å². The Balaban J connectivity index is 1.76. The molecule has 3 aromatic rings. The van der Waals surface area contributed by atoms with Gasteiger partial charge in [-0.15, -0.1) is 0 Å². The normalized spacial score (nSPS) is 10.9. The summed E-state index contributed by atoms with van der Waals surface area (Å²) < 4.78 is 1.11. The summed E-state index contributed by atoms with van der Waals surface area (Å²) in [5, 5.41) is 3.57. The van der Waals surface area contributed by atoms with E-state index in [1.165, 1.54) is 22.5 Å². The molecule has 1 amide bonds. The molecule has 112 valence electrons. The van der Waals surface area contributed by atoms with Gasteiger partial charge in [-0.1, -0.05) is 41.2 Å². The lowest BCUT2D eigenvalue weighted by atomic mass is 10.1. The highest BCUT2D eigenvalue weighted by atomic mass is 32.1. The van der Waals surface area contributed by atoms with Gasteiger partial charge in [-0.2, -0.15) is 0 Å². The fourth-order valence-corrected chi connectivity index (χ4v) is 3.37. The third-order valence-electron chi connectivity index (χ3n) is 3.70. The van der Waals surface area contributed by atoms with Gasteiger partial charge in [0.05, 0.1) is 16.6 Å². The fraction of sp³-hybridized carbons (Fsp3) is 0.222. The van der Waals surface area contributed by atoms with E-state index in [0.717, 1.165) is 21.3 Å². The number of nitrogens with zero attached hydrogens (tertiary/aromatic N) is 1. The summed E-state index contributed by atoms with van der Waals surface area (Å²) in [6.07, 6.45) is 0.371. The van der Waals surface area contributed by atoms with Crippen molar-refractivity contribution in [2.75, 3.05) is 5.32 Å². The molecule has 3 rings (SSSR count). The molecule has 1 aromatic heterocycles. The molecule has 0 aliphatic heterocycles. The molecular weight excluding hydrogens is 292 g/mol. The van der Waals surface area contributed by atoms with Crippen LogP contribution in [0.2, 0.25) is 0 Å². The smallest absolute Gasteiger partial charge is 0.230 e. The van der Waals surface area contributed by atoms with E-state index in [1.807, 2.05) is 31.2 Å². The predicted octanol–water partition coefficient (Wildman–Crippen LogP) is 4.40. The SMILES string of the molecule is Cc1cccc(CC(=O)Nc2nc3cc(C)c(C)cc3s2)c1. The maximum Gasteiger partial charge on any atom is 0.230 e. The molecule has 4 heteroatoms. The zero-order valence-corrected chi connectivity index (χ0v) is 13.8. The molecule has 0 radical (unpaired) electrons. The molecule has 0 aliphatic rings. The van der Waals surface area contributed by atoms with Crippen LogP contribution in [0.15, 0.2) is 36.4 Å². The number of fused-ring (bicyclic) bond motifs is 1. The number of aromatic nitrogens is 1. The van der Waals surface area contributed by atoms with Crippen LogP contribution in [-0.4, -0.2) is 10.9 Å². The second kappa shape index (κ2) is 5.89. The minimum absolute atomic E-state index is 0.0295. The van der Waals surface area contributed by atoms with Gasteiger partial charge in [0.1, 0.15) is 0 Å². The number of carbonyl (C=O) groups is 1. The number of anilines is 1. The van der Waals surface area contributed by atoms with E-state index in [2.05, 4.69) is 36.3 Å². The Labute approximate surface area is 134 Å². The predicted molar refractivity (Wildman–Crippen MR) is 92.6 cm³/mol. The Morgan fingerprint density at radius 2 is 1.91 bits per heavy atom. The summed E-state index contributed by atoms with van der Waals surface area (Å²) in [6, 6.07) is 12.2. The molecule has 1 heterocycles. The van der Waals surface area contributed by atoms with Crippen LogP contribution >= 0.6 is 11.3 Å². The summed E-state index contributed by atoms with van der Waals surface area (Å²) in [5.74, 6) is -0.0295. The number of carbonyl (C=O) groups excluding carboxylic acids is 1. The van der Waals surface area contributed by atoms with E-state index >= 15 is 0 Å². The van der Waals surface area contributed by atoms with Crippen molar-refractivity contribution in [1.82, 2.24) is 4.98 Å². The largest absolute Gasteiger partial charge is 0.302 e. The van der Waals surface area contributed by atoms with Crippen LogP contribution in [0.1, 0.15) is 22.3 Å². The van der Waals surface area contributed by atoms with Crippen molar-refractivity contribution < 1.29 is 4.79 Å². The lowest BCUT2D eigenvalue weighted by Gasteiger charge is -2.02. The van der Waals surface area contributed by atoms with E-state index in [1.54, 1.807) is 0 Å². The number of hydrogen-bond donors (Lipinski definition) is 1. The Hall–Kier alpha value is -2.20. The molecule has 1 N–H and O–H groups in total. The second-order valence-electron chi connectivity index (χ2n) is 5.64. The number of rotatable bonds is 3. The van der Waals surface area contributed by atoms with Crippen molar-refractivity contribution >= 4 is 32.6 Å². The first-order valence-electron chi connectivity index (χ1n) is 7.24. The van der Waals surface area contributed by atoms with Gasteiger partial charge in [-0.25, -0.2) is 4.98 Å². The average Bonchev–Trinajstić information content (AvgIpc) is 2.80. The van der Waals surface area contributed by atoms with E-state index < -0.39 is 0 Å². The van der Waals surface area contributed by atoms with E-state index in [9.17, 15) is 4.79 Å². The highest BCUT2D eigenvalue weighted by Crippen LogP contribution is 2.28. The van der Waals surface area contributed by atoms with Gasteiger partial charge in [0, 0.05) is 0 Å². The molecule has 0 bridgehead atoms. The standard InChI is InChI=1S/C18H18N2OS/c1-11-5-4-6-14(7-11)10-17(21)20-18-19-15-8-12(2)13(3)9-16(15)22-18/h4-9H,10H2,1-3H3,(H,19,20,21). The molecule has 0 unspecified atom stereocenters. The minimum atomic E-state index is -0.0295. The van der Waals surface area contributed by atoms with Crippen LogP contribution in [0.5, 0.6) is 0 Å². The molecule has 3 nitrogen and oxygen atoms in total. The lowest BCUT2D eigenvalue weighted by molar-refractivity contribution is -0.115. The molecule has 0 atom stereocenters. The quantitative estimate of drug-likeness (QED) is 0.779. The Morgan fingerprint density at radius 3 is 2.68 bits per heavy atom. The van der Waals surface area contributed by atoms with Gasteiger partial charge in [0.15, 0.2) is 5.13 Å². The van der Waals surface area contributed by atoms with E-state index in [0.29, 0.717) is 11.6 Å². The number of aryl methyl sites for hydroxylation is 3. The lowest BCUT2D eigenvalue weighted by Crippen LogP contribution is -2.14. The maximum absolute atomic E-state index is 12.2. The minimum Gasteiger partial charge on any atom is -0.302 e. The molecular formula is C18H18N2OS. The van der Waals surface area contributed by atoms with Gasteiger partial charge in [0.2, 0.25) is 5.91 Å². The summed E-state index contributed by atoms with van der Waals surface area (Å²) in [7, 11) is 0. The van der Waals surface area contributed by atoms with E-state index in [4.69, 9.17) is 0 Å². The van der Waals surface area contributed by atoms with Crippen molar-refractivity contribution in [3.05, 3.63) is 58.7 Å². The highest BCUT2D eigenvalue weighted by Gasteiger charge is 2.09. The maximum atomic E-state index is 12.2. The van der Waals surface area contributed by atoms with Crippen molar-refractivity contribution in [3.8, 4) is 0 Å². The van der Waals surface area contributed by atoms with Gasteiger partial charge in [-0.05, 0) is 49.6 Å². The van der Waals surface area contributed by atoms with E-state index in [-0.39, 0.29) is 5.91 Å². The monoisotopic (exact) mass is 310 g/mol. The average molecular weight is 310 g/mol. The van der Waals surface area contributed by atoms with Crippen molar-refractivity contribution in [1.29, 1.82) is 0 Å². The molecule has 0 aliphatic carbocycles. The van der Waals surface area contributed by atoms with Gasteiger partial charge in [0.25, 0.3) is 0 Å². The molecule has 0 saturated carbocycles. The Morgan fingerprint density at radius 1 is 1.14 bits per heavy atom. The molecule has 22 heavy (non-hydrogen) atoms. The van der Waals surface area contributed by atoms with Gasteiger partial charge >= 0.3 is 0 Å². The summed E-state index contributed by atoms with van der Waals surface area (Å²) >= 11 is 1.52. The second-order valence-corrected chi connectivity index (χ2v) is 6.67. The Bertz CT molecular complexity index is 812. The third kappa shape index (κ3) is 3.17. The third-order valence-corrected chi connectivity index (χ3v) is 4.63. The number of thiazole rings is 1. The van der Waals surface area contributed by atoms with Crippen LogP contribution in [0.3, 0.4) is 0 Å². The fourth-order valence-electron chi connectivity index (χ4n) is 2.40. The van der Waals surface area contributed by atoms with Crippen LogP contribution in [0, 0.1) is 20.8 Å². The number of hydrogen-bond acceptors (Lipinski definition) is 3. The first-order valence-corrected chi connectivity index (χ1v) is 8.06. The number of benzene rings is 2. The zero-order valence-electron chi connectivity index (χ0n) is 12.9. The first-order chi connectivity index (χ1) is 10.5. The molecule has 0 saturated heterocycles. The van der Waals surface area contributed by atoms with Crippen LogP contribution in [0.4, 0.5) is 5.13 Å². The Kier molecular flexibility index (Phi) is 3.94. The summed E-state index contributed by atoms with van der Waals surface area (Å²) in [5.41, 5.74) is 5.59. The van der Waals surface area contributed by atoms with Crippen LogP contribution in [-0.2, 0) is 11.2 Å². The molecule has 0 fully saturated rings. The van der Waals surface area contributed by atoms with Crippen LogP contribution < -0.4 is 5.32 Å². The zero-order chi connectivity index (χ0) is 15.7. The first kappa shape index (κ1) is 14.7. The number of amides is 1. The topological polar surface area (TPSA) is 42.0 Å². The van der Waals surface area contributed by atoms with Gasteiger partial charge < -0.3 is 5.32 Å². The summed E-state index contributed by atoms with van der Waals surface area (Å²) in [4.78, 5) is 16.7. The summed E-state index contributed by atoms with van der Waals surface area (Å²) in [6.45, 7) is 6.19. The van der Waals surface area contributed by atoms with Gasteiger partial charge in [-0.3, -0.25) is 4.79 Å². The highest BCUT2D eigenvalue weighted by molar-refractivity contribution is 7.22. The molecule has 0 spiro atoms. The van der Waals surface area contributed by atoms with Crippen LogP contribution in [0.25, 0.3) is 10.2 Å². The van der Waals surface area contributed by atoms with Crippen molar-refractivity contribution in [2.24, 2.45) is 0 Å². The molecule has 2 aromatic carbocycles.